The van der Waals surface area contributed by atoms with Crippen molar-refractivity contribution in [1.29, 1.82) is 0 Å². The van der Waals surface area contributed by atoms with Gasteiger partial charge in [0.1, 0.15) is 0 Å². The molecule has 18 heavy (non-hydrogen) atoms. The third-order valence-corrected chi connectivity index (χ3v) is 3.26. The van der Waals surface area contributed by atoms with Gasteiger partial charge in [0.15, 0.2) is 0 Å². The fraction of sp³-hybridized carbons (Fsp3) is 0.250. The molecule has 0 bridgehead atoms. The summed E-state index contributed by atoms with van der Waals surface area (Å²) in [6.45, 7) is 0.885. The molecule has 0 aliphatic heterocycles. The van der Waals surface area contributed by atoms with E-state index in [9.17, 15) is 4.79 Å². The van der Waals surface area contributed by atoms with Gasteiger partial charge in [0.25, 0.3) is 0 Å². The van der Waals surface area contributed by atoms with E-state index in [0.717, 1.165) is 0 Å². The Kier molecular flexibility index (Phi) is 4.30. The van der Waals surface area contributed by atoms with E-state index < -0.39 is 0 Å². The topological polar surface area (TPSA) is 51.3 Å². The van der Waals surface area contributed by atoms with Crippen LogP contribution in [0.5, 0.6) is 5.75 Å². The maximum absolute atomic E-state index is 11.8. The molecular weight excluding hydrogens is 321 g/mol. The van der Waals surface area contributed by atoms with Gasteiger partial charge in [-0.05, 0) is 0 Å². The quantitative estimate of drug-likeness (QED) is 0.672. The summed E-state index contributed by atoms with van der Waals surface area (Å²) in [5.74, 6) is 0.530. The number of fused-ring (bicyclic) bond motifs is 1. The summed E-state index contributed by atoms with van der Waals surface area (Å²) < 4.78 is 11.0. The van der Waals surface area contributed by atoms with Crippen LogP contribution in [0.3, 0.4) is 0 Å². The molecule has 1 N–H and O–H groups in total. The summed E-state index contributed by atoms with van der Waals surface area (Å²) in [6, 6.07) is 4.88. The number of benzene rings is 1. The molecule has 2 rings (SSSR count). The van der Waals surface area contributed by atoms with Crippen molar-refractivity contribution in [3.8, 4) is 5.75 Å². The van der Waals surface area contributed by atoms with Crippen molar-refractivity contribution in [3.63, 3.8) is 0 Å². The van der Waals surface area contributed by atoms with Crippen LogP contribution < -0.4 is 14.8 Å². The molecule has 0 spiro atoms. The molecule has 0 fully saturated rings. The van der Waals surface area contributed by atoms with E-state index in [-0.39, 0.29) is 5.43 Å². The Bertz CT molecular complexity index is 626. The number of halogens is 1. The first-order valence-electron chi connectivity index (χ1n) is 5.27. The van der Waals surface area contributed by atoms with E-state index in [0.29, 0.717) is 39.5 Å². The van der Waals surface area contributed by atoms with Gasteiger partial charge >= 0.3 is 117 Å². The molecule has 0 atom stereocenters. The average Bonchev–Trinajstić information content (AvgIpc) is 2.33. The normalized spacial score (nSPS) is 10.8. The second-order valence-corrected chi connectivity index (χ2v) is 4.94. The number of H-pyrrole nitrogens is 1. The maximum atomic E-state index is 11.8. The number of methoxy groups -OCH3 is 1. The number of rotatable bonds is 4. The van der Waals surface area contributed by atoms with E-state index in [1.165, 1.54) is 6.07 Å². The van der Waals surface area contributed by atoms with E-state index in [4.69, 9.17) is 21.1 Å². The molecule has 0 aliphatic carbocycles. The van der Waals surface area contributed by atoms with Gasteiger partial charge in [0.05, 0.1) is 0 Å². The van der Waals surface area contributed by atoms with Crippen LogP contribution in [-0.2, 0) is 4.74 Å². The van der Waals surface area contributed by atoms with E-state index in [1.54, 1.807) is 19.2 Å². The molecule has 6 heteroatoms. The Morgan fingerprint density at radius 2 is 2.17 bits per heavy atom. The average molecular weight is 332 g/mol. The van der Waals surface area contributed by atoms with Crippen molar-refractivity contribution in [3.05, 3.63) is 33.4 Å². The van der Waals surface area contributed by atoms with Gasteiger partial charge in [-0.3, -0.25) is 0 Å². The Morgan fingerprint density at radius 3 is 2.89 bits per heavy atom. The fourth-order valence-corrected chi connectivity index (χ4v) is 2.29. The number of pyridine rings is 1. The first-order chi connectivity index (χ1) is 8.63. The molecule has 0 saturated carbocycles. The van der Waals surface area contributed by atoms with Crippen LogP contribution in [0.25, 0.3) is 10.9 Å². The fourth-order valence-electron chi connectivity index (χ4n) is 1.59. The van der Waals surface area contributed by atoms with Gasteiger partial charge in [-0.25, -0.2) is 0 Å². The zero-order valence-electron chi connectivity index (χ0n) is 9.66. The van der Waals surface area contributed by atoms with Crippen molar-refractivity contribution in [2.24, 2.45) is 0 Å². The van der Waals surface area contributed by atoms with Crippen LogP contribution in [0, 0.1) is 0 Å². The SMILES string of the molecule is COCCOc1ccc2c(=O)cc([Se])[nH]c2c1Cl. The Balaban J connectivity index is 2.46. The Labute approximate surface area is 117 Å². The zero-order chi connectivity index (χ0) is 13.1. The molecule has 1 heterocycles. The summed E-state index contributed by atoms with van der Waals surface area (Å²) >= 11 is 8.97. The Hall–Kier alpha value is -1.00. The van der Waals surface area contributed by atoms with Crippen LogP contribution in [0.4, 0.5) is 0 Å². The van der Waals surface area contributed by atoms with Gasteiger partial charge in [-0.1, -0.05) is 0 Å². The van der Waals surface area contributed by atoms with Crippen LogP contribution in [0.2, 0.25) is 5.02 Å². The number of ether oxygens (including phenoxy) is 2. The number of hydrogen-bond acceptors (Lipinski definition) is 3. The molecule has 1 aromatic heterocycles. The van der Waals surface area contributed by atoms with Gasteiger partial charge in [-0.2, -0.15) is 0 Å². The standard InChI is InChI=1S/C12H11ClNO3Se/c1-16-4-5-17-9-3-2-7-8(15)6-10(18)14-12(7)11(9)13/h2-3,6H,4-5H2,1H3,(H,14,15). The molecule has 1 aromatic carbocycles. The van der Waals surface area contributed by atoms with Crippen molar-refractivity contribution in [2.75, 3.05) is 20.3 Å². The molecule has 95 valence electrons. The zero-order valence-corrected chi connectivity index (χ0v) is 12.1. The predicted octanol–water partition coefficient (Wildman–Crippen LogP) is 1.00. The number of aromatic amines is 1. The second kappa shape index (κ2) is 5.76. The van der Waals surface area contributed by atoms with Gasteiger partial charge in [0.2, 0.25) is 0 Å². The first-order valence-corrected chi connectivity index (χ1v) is 6.51. The van der Waals surface area contributed by atoms with Crippen molar-refractivity contribution in [2.45, 2.75) is 0 Å². The molecule has 1 radical (unpaired) electrons. The predicted molar refractivity (Wildman–Crippen MR) is 72.3 cm³/mol. The van der Waals surface area contributed by atoms with Crippen molar-refractivity contribution < 1.29 is 9.47 Å². The van der Waals surface area contributed by atoms with Crippen LogP contribution in [-0.4, -0.2) is 41.3 Å². The molecular formula is C12H11ClNO3Se. The third-order valence-electron chi connectivity index (χ3n) is 2.43. The molecule has 4 nitrogen and oxygen atoms in total. The van der Waals surface area contributed by atoms with E-state index in [1.807, 2.05) is 0 Å². The van der Waals surface area contributed by atoms with Crippen LogP contribution in [0.1, 0.15) is 0 Å². The first kappa shape index (κ1) is 13.4. The second-order valence-electron chi connectivity index (χ2n) is 3.64. The number of hydrogen-bond donors (Lipinski definition) is 1. The van der Waals surface area contributed by atoms with E-state index >= 15 is 0 Å². The Morgan fingerprint density at radius 1 is 1.39 bits per heavy atom. The summed E-state index contributed by atoms with van der Waals surface area (Å²) in [5, 5.41) is 0.941. The van der Waals surface area contributed by atoms with Crippen molar-refractivity contribution in [1.82, 2.24) is 4.98 Å². The van der Waals surface area contributed by atoms with E-state index in [2.05, 4.69) is 21.0 Å². The molecule has 2 aromatic rings. The van der Waals surface area contributed by atoms with Crippen molar-refractivity contribution >= 4 is 43.1 Å². The molecule has 0 saturated heterocycles. The molecule has 0 aliphatic rings. The minimum absolute atomic E-state index is 0.0807. The molecule has 0 unspecified atom stereocenters. The number of nitrogens with one attached hydrogen (secondary N) is 1. The summed E-state index contributed by atoms with van der Waals surface area (Å²) in [5.41, 5.74) is 0.496. The van der Waals surface area contributed by atoms with Gasteiger partial charge in [-0.15, -0.1) is 0 Å². The number of aromatic nitrogens is 1. The minimum atomic E-state index is -0.0807. The van der Waals surface area contributed by atoms with Crippen LogP contribution in [0.15, 0.2) is 23.0 Å². The summed E-state index contributed by atoms with van der Waals surface area (Å²) in [7, 11) is 1.60. The van der Waals surface area contributed by atoms with Crippen LogP contribution >= 0.6 is 11.6 Å². The molecule has 0 amide bonds. The van der Waals surface area contributed by atoms with Gasteiger partial charge in [0, 0.05) is 0 Å². The summed E-state index contributed by atoms with van der Waals surface area (Å²) in [6.07, 6.45) is 0. The third kappa shape index (κ3) is 2.70. The monoisotopic (exact) mass is 332 g/mol. The van der Waals surface area contributed by atoms with Gasteiger partial charge < -0.3 is 0 Å². The summed E-state index contributed by atoms with van der Waals surface area (Å²) in [4.78, 5) is 14.8.